The van der Waals surface area contributed by atoms with E-state index < -0.39 is 0 Å². The Labute approximate surface area is 148 Å². The zero-order valence-electron chi connectivity index (χ0n) is 15.3. The van der Waals surface area contributed by atoms with Crippen LogP contribution in [0.5, 0.6) is 0 Å². The van der Waals surface area contributed by atoms with Gasteiger partial charge in [0.1, 0.15) is 10.0 Å². The summed E-state index contributed by atoms with van der Waals surface area (Å²) < 4.78 is 5.88. The average Bonchev–Trinajstić information content (AvgIpc) is 3.17. The van der Waals surface area contributed by atoms with Crippen molar-refractivity contribution in [2.75, 3.05) is 13.2 Å². The molecule has 3 rings (SSSR count). The first-order chi connectivity index (χ1) is 11.4. The summed E-state index contributed by atoms with van der Waals surface area (Å²) in [6.07, 6.45) is 1.52. The molecule has 2 heterocycles. The molecule has 0 radical (unpaired) electrons. The molecule has 1 aromatic heterocycles. The van der Waals surface area contributed by atoms with Gasteiger partial charge < -0.3 is 15.4 Å². The second-order valence-corrected chi connectivity index (χ2v) is 8.66. The van der Waals surface area contributed by atoms with Gasteiger partial charge in [-0.05, 0) is 13.3 Å². The van der Waals surface area contributed by atoms with Gasteiger partial charge in [-0.25, -0.2) is 4.99 Å². The van der Waals surface area contributed by atoms with Gasteiger partial charge in [-0.15, -0.1) is 10.2 Å². The number of ether oxygens (including phenoxy) is 1. The Balaban J connectivity index is 1.65. The molecular formula is C17H29N5OS. The predicted octanol–water partition coefficient (Wildman–Crippen LogP) is 2.53. The minimum absolute atomic E-state index is 0.144. The smallest absolute Gasteiger partial charge is 0.191 e. The van der Waals surface area contributed by atoms with Crippen molar-refractivity contribution >= 4 is 17.3 Å². The van der Waals surface area contributed by atoms with Crippen LogP contribution in [0.4, 0.5) is 0 Å². The van der Waals surface area contributed by atoms with Gasteiger partial charge in [0.25, 0.3) is 0 Å². The highest BCUT2D eigenvalue weighted by molar-refractivity contribution is 7.11. The van der Waals surface area contributed by atoms with E-state index in [1.165, 1.54) is 0 Å². The maximum atomic E-state index is 5.88. The van der Waals surface area contributed by atoms with Crippen LogP contribution in [0.25, 0.3) is 0 Å². The fourth-order valence-electron chi connectivity index (χ4n) is 3.80. The summed E-state index contributed by atoms with van der Waals surface area (Å²) in [5, 5.41) is 17.5. The fourth-order valence-corrected chi connectivity index (χ4v) is 4.56. The maximum Gasteiger partial charge on any atom is 0.191 e. The number of hydrogen-bond acceptors (Lipinski definition) is 5. The molecule has 0 amide bonds. The molecule has 134 valence electrons. The molecule has 2 aliphatic rings. The van der Waals surface area contributed by atoms with Crippen LogP contribution in [-0.4, -0.2) is 41.5 Å². The quantitative estimate of drug-likeness (QED) is 0.630. The van der Waals surface area contributed by atoms with Crippen LogP contribution in [0.15, 0.2) is 4.99 Å². The largest absolute Gasteiger partial charge is 0.377 e. The zero-order valence-corrected chi connectivity index (χ0v) is 16.1. The predicted molar refractivity (Wildman–Crippen MR) is 97.4 cm³/mol. The molecule has 0 spiro atoms. The topological polar surface area (TPSA) is 71.4 Å². The number of rotatable bonds is 5. The highest BCUT2D eigenvalue weighted by Crippen LogP contribution is 2.52. The van der Waals surface area contributed by atoms with Gasteiger partial charge in [0.05, 0.1) is 12.6 Å². The molecule has 1 saturated carbocycles. The Kier molecular flexibility index (Phi) is 5.11. The normalized spacial score (nSPS) is 28.6. The molecule has 1 aromatic rings. The van der Waals surface area contributed by atoms with Crippen LogP contribution in [0.1, 0.15) is 57.0 Å². The van der Waals surface area contributed by atoms with Gasteiger partial charge in [-0.3, -0.25) is 0 Å². The summed E-state index contributed by atoms with van der Waals surface area (Å²) >= 11 is 1.65. The number of guanidine groups is 1. The van der Waals surface area contributed by atoms with Gasteiger partial charge in [0.2, 0.25) is 0 Å². The Hall–Kier alpha value is -1.21. The number of aliphatic imine (C=N–C) groups is 1. The van der Waals surface area contributed by atoms with E-state index in [1.807, 2.05) is 0 Å². The van der Waals surface area contributed by atoms with Crippen molar-refractivity contribution in [1.29, 1.82) is 0 Å². The molecular weight excluding hydrogens is 322 g/mol. The molecule has 1 saturated heterocycles. The monoisotopic (exact) mass is 351 g/mol. The number of hydrogen-bond donors (Lipinski definition) is 2. The highest BCUT2D eigenvalue weighted by Gasteiger charge is 2.59. The van der Waals surface area contributed by atoms with Crippen LogP contribution in [0.2, 0.25) is 0 Å². The number of nitrogens with zero attached hydrogens (tertiary/aromatic N) is 3. The van der Waals surface area contributed by atoms with Crippen LogP contribution in [0, 0.1) is 11.3 Å². The number of fused-ring (bicyclic) bond motifs is 1. The van der Waals surface area contributed by atoms with E-state index in [9.17, 15) is 0 Å². The Morgan fingerprint density at radius 1 is 1.42 bits per heavy atom. The van der Waals surface area contributed by atoms with Gasteiger partial charge >= 0.3 is 0 Å². The summed E-state index contributed by atoms with van der Waals surface area (Å²) in [5.41, 5.74) is 0.144. The second-order valence-electron chi connectivity index (χ2n) is 7.57. The molecule has 6 nitrogen and oxygen atoms in total. The van der Waals surface area contributed by atoms with E-state index >= 15 is 0 Å². The molecule has 24 heavy (non-hydrogen) atoms. The maximum absolute atomic E-state index is 5.88. The Morgan fingerprint density at radius 2 is 2.21 bits per heavy atom. The van der Waals surface area contributed by atoms with Gasteiger partial charge in [0, 0.05) is 36.4 Å². The molecule has 2 fully saturated rings. The van der Waals surface area contributed by atoms with Crippen molar-refractivity contribution < 1.29 is 4.74 Å². The minimum Gasteiger partial charge on any atom is -0.377 e. The fraction of sp³-hybridized carbons (Fsp3) is 0.824. The molecule has 7 heteroatoms. The van der Waals surface area contributed by atoms with Crippen LogP contribution in [0.3, 0.4) is 0 Å². The van der Waals surface area contributed by atoms with Gasteiger partial charge in [0.15, 0.2) is 5.96 Å². The van der Waals surface area contributed by atoms with Crippen molar-refractivity contribution in [3.63, 3.8) is 0 Å². The lowest BCUT2D eigenvalue weighted by molar-refractivity contribution is -0.106. The second kappa shape index (κ2) is 6.96. The zero-order chi connectivity index (χ0) is 17.3. The van der Waals surface area contributed by atoms with Crippen LogP contribution >= 0.6 is 11.3 Å². The Morgan fingerprint density at radius 3 is 2.88 bits per heavy atom. The first-order valence-electron chi connectivity index (χ1n) is 8.92. The Bertz CT molecular complexity index is 598. The standard InChI is InChI=1S/C17H29N5OS/c1-6-18-16(19-9-12-21-22-15(24-12)10(2)3)20-13-11-7-8-23-14(11)17(13,4)5/h10-11,13-14H,6-9H2,1-5H3,(H2,18,19,20). The van der Waals surface area contributed by atoms with E-state index in [-0.39, 0.29) is 5.41 Å². The summed E-state index contributed by atoms with van der Waals surface area (Å²) in [6, 6.07) is 0.406. The molecule has 0 aromatic carbocycles. The summed E-state index contributed by atoms with van der Waals surface area (Å²) in [7, 11) is 0. The van der Waals surface area contributed by atoms with E-state index in [1.54, 1.807) is 11.3 Å². The van der Waals surface area contributed by atoms with Crippen molar-refractivity contribution in [3.8, 4) is 0 Å². The lowest BCUT2D eigenvalue weighted by atomic mass is 9.57. The molecule has 1 aliphatic carbocycles. The third kappa shape index (κ3) is 3.28. The van der Waals surface area contributed by atoms with Gasteiger partial charge in [-0.2, -0.15) is 0 Å². The van der Waals surface area contributed by atoms with Crippen molar-refractivity contribution in [3.05, 3.63) is 10.0 Å². The van der Waals surface area contributed by atoms with E-state index in [4.69, 9.17) is 9.73 Å². The SMILES string of the molecule is CCNC(=NCc1nnc(C(C)C)s1)NC1C2CCOC2C1(C)C. The van der Waals surface area contributed by atoms with Crippen molar-refractivity contribution in [2.24, 2.45) is 16.3 Å². The van der Waals surface area contributed by atoms with Gasteiger partial charge in [-0.1, -0.05) is 39.0 Å². The minimum atomic E-state index is 0.144. The molecule has 1 aliphatic heterocycles. The van der Waals surface area contributed by atoms with Crippen molar-refractivity contribution in [2.45, 2.75) is 65.6 Å². The summed E-state index contributed by atoms with van der Waals surface area (Å²) in [4.78, 5) is 4.72. The first kappa shape index (κ1) is 17.6. The first-order valence-corrected chi connectivity index (χ1v) is 9.73. The molecule has 0 bridgehead atoms. The van der Waals surface area contributed by atoms with Crippen LogP contribution in [-0.2, 0) is 11.3 Å². The molecule has 2 N–H and O–H groups in total. The van der Waals surface area contributed by atoms with E-state index in [0.29, 0.717) is 30.5 Å². The molecule has 3 unspecified atom stereocenters. The van der Waals surface area contributed by atoms with E-state index in [2.05, 4.69) is 55.4 Å². The van der Waals surface area contributed by atoms with Crippen LogP contribution < -0.4 is 10.6 Å². The number of nitrogens with one attached hydrogen (secondary N) is 2. The third-order valence-corrected chi connectivity index (χ3v) is 6.29. The average molecular weight is 352 g/mol. The highest BCUT2D eigenvalue weighted by atomic mass is 32.1. The number of aromatic nitrogens is 2. The van der Waals surface area contributed by atoms with Crippen molar-refractivity contribution in [1.82, 2.24) is 20.8 Å². The summed E-state index contributed by atoms with van der Waals surface area (Å²) in [6.45, 7) is 13.2. The lowest BCUT2D eigenvalue weighted by Crippen LogP contribution is -2.67. The third-order valence-electron chi connectivity index (χ3n) is 5.09. The van der Waals surface area contributed by atoms with E-state index in [0.717, 1.165) is 35.5 Å². The lowest BCUT2D eigenvalue weighted by Gasteiger charge is -2.54. The molecule has 3 atom stereocenters. The summed E-state index contributed by atoms with van der Waals surface area (Å²) in [5.74, 6) is 1.88.